The van der Waals surface area contributed by atoms with Crippen LogP contribution in [0, 0.1) is 0 Å². The Morgan fingerprint density at radius 2 is 1.96 bits per heavy atom. The van der Waals surface area contributed by atoms with Crippen molar-refractivity contribution in [2.24, 2.45) is 0 Å². The minimum Gasteiger partial charge on any atom is -0.481 e. The van der Waals surface area contributed by atoms with Crippen LogP contribution in [0.15, 0.2) is 30.3 Å². The van der Waals surface area contributed by atoms with Crippen LogP contribution in [-0.2, 0) is 28.7 Å². The summed E-state index contributed by atoms with van der Waals surface area (Å²) in [5.74, 6) is -3.01. The number of carbonyl (C=O) groups excluding carboxylic acids is 4. The summed E-state index contributed by atoms with van der Waals surface area (Å²) in [6, 6.07) is 5.40. The van der Waals surface area contributed by atoms with Gasteiger partial charge < -0.3 is 15.2 Å². The predicted molar refractivity (Wildman–Crippen MR) is 77.2 cm³/mol. The van der Waals surface area contributed by atoms with Gasteiger partial charge in [-0.25, -0.2) is 0 Å². The van der Waals surface area contributed by atoms with E-state index in [2.05, 4.69) is 5.32 Å². The molecule has 3 atom stereocenters. The van der Waals surface area contributed by atoms with Gasteiger partial charge in [-0.2, -0.15) is 0 Å². The number of amides is 3. The Balaban J connectivity index is 2.34. The molecule has 2 unspecified atom stereocenters. The van der Waals surface area contributed by atoms with Crippen LogP contribution in [0.4, 0.5) is 0 Å². The molecule has 0 saturated carbocycles. The van der Waals surface area contributed by atoms with E-state index in [4.69, 9.17) is 9.84 Å². The third kappa shape index (κ3) is 3.40. The highest BCUT2D eigenvalue weighted by atomic mass is 16.5. The van der Waals surface area contributed by atoms with Crippen LogP contribution in [0.5, 0.6) is 0 Å². The van der Waals surface area contributed by atoms with Gasteiger partial charge in [0.05, 0.1) is 6.42 Å². The van der Waals surface area contributed by atoms with Crippen molar-refractivity contribution in [2.75, 3.05) is 0 Å². The molecule has 1 aliphatic heterocycles. The standard InChI is InChI=1S/C15H14N2O7/c18-7-17-10(6-11(20)21)14(22)16-12(15(17)23)13(24-8-19)9-4-2-1-3-5-9/h1-5,7-8,10,12-13H,6H2,(H,16,22)(H,20,21)/t10-,12?,13?/m0/s1. The first-order valence-electron chi connectivity index (χ1n) is 6.93. The van der Waals surface area contributed by atoms with E-state index in [0.717, 1.165) is 0 Å². The predicted octanol–water partition coefficient (Wildman–Crippen LogP) is -0.773. The number of piperazine rings is 1. The summed E-state index contributed by atoms with van der Waals surface area (Å²) < 4.78 is 4.92. The second-order valence-electron chi connectivity index (χ2n) is 5.01. The largest absolute Gasteiger partial charge is 0.481 e. The van der Waals surface area contributed by atoms with Crippen LogP contribution in [0.1, 0.15) is 18.1 Å². The number of carboxylic acid groups (broad SMARTS) is 1. The fraction of sp³-hybridized carbons (Fsp3) is 0.267. The molecule has 1 saturated heterocycles. The highest BCUT2D eigenvalue weighted by Gasteiger charge is 2.45. The van der Waals surface area contributed by atoms with Gasteiger partial charge in [0.2, 0.25) is 12.3 Å². The molecular weight excluding hydrogens is 320 g/mol. The molecule has 0 spiro atoms. The van der Waals surface area contributed by atoms with E-state index in [9.17, 15) is 24.0 Å². The Kier molecular flexibility index (Phi) is 5.25. The Morgan fingerprint density at radius 3 is 2.50 bits per heavy atom. The summed E-state index contributed by atoms with van der Waals surface area (Å²) in [4.78, 5) is 57.9. The number of rotatable bonds is 7. The quantitative estimate of drug-likeness (QED) is 0.626. The number of benzene rings is 1. The molecule has 0 bridgehead atoms. The number of hydrogen-bond donors (Lipinski definition) is 2. The molecule has 2 N–H and O–H groups in total. The summed E-state index contributed by atoms with van der Waals surface area (Å²) in [6.07, 6.45) is -1.76. The molecule has 1 aromatic carbocycles. The third-order valence-corrected chi connectivity index (χ3v) is 3.57. The lowest BCUT2D eigenvalue weighted by atomic mass is 9.96. The highest BCUT2D eigenvalue weighted by Crippen LogP contribution is 2.25. The van der Waals surface area contributed by atoms with Gasteiger partial charge in [-0.15, -0.1) is 0 Å². The van der Waals surface area contributed by atoms with Gasteiger partial charge >= 0.3 is 5.97 Å². The molecule has 0 aliphatic carbocycles. The zero-order valence-electron chi connectivity index (χ0n) is 12.3. The van der Waals surface area contributed by atoms with Crippen molar-refractivity contribution >= 4 is 30.7 Å². The smallest absolute Gasteiger partial charge is 0.306 e. The van der Waals surface area contributed by atoms with Crippen LogP contribution in [0.2, 0.25) is 0 Å². The van der Waals surface area contributed by atoms with Crippen LogP contribution < -0.4 is 5.32 Å². The lowest BCUT2D eigenvalue weighted by Gasteiger charge is -2.37. The van der Waals surface area contributed by atoms with Gasteiger partial charge in [-0.1, -0.05) is 30.3 Å². The summed E-state index contributed by atoms with van der Waals surface area (Å²) >= 11 is 0. The minimum atomic E-state index is -1.45. The number of imide groups is 1. The SMILES string of the molecule is O=COC(c1ccccc1)C1NC(=O)[C@H](CC(=O)O)N(C=O)C1=O. The minimum absolute atomic E-state index is 0.102. The molecular formula is C15H14N2O7. The zero-order valence-corrected chi connectivity index (χ0v) is 12.3. The Labute approximate surface area is 136 Å². The molecule has 1 fully saturated rings. The van der Waals surface area contributed by atoms with Crippen molar-refractivity contribution in [3.8, 4) is 0 Å². The van der Waals surface area contributed by atoms with Gasteiger partial charge in [0.25, 0.3) is 12.4 Å². The first-order valence-corrected chi connectivity index (χ1v) is 6.93. The van der Waals surface area contributed by atoms with Gasteiger partial charge in [0.15, 0.2) is 12.1 Å². The average molecular weight is 334 g/mol. The maximum atomic E-state index is 12.5. The lowest BCUT2D eigenvalue weighted by molar-refractivity contribution is -0.160. The van der Waals surface area contributed by atoms with Crippen LogP contribution in [-0.4, -0.2) is 52.8 Å². The topological polar surface area (TPSA) is 130 Å². The van der Waals surface area contributed by atoms with Crippen molar-refractivity contribution < 1.29 is 33.8 Å². The monoisotopic (exact) mass is 334 g/mol. The Morgan fingerprint density at radius 1 is 1.29 bits per heavy atom. The summed E-state index contributed by atoms with van der Waals surface area (Å²) in [7, 11) is 0. The molecule has 9 heteroatoms. The van der Waals surface area contributed by atoms with Gasteiger partial charge in [-0.05, 0) is 5.56 Å². The number of aliphatic carboxylic acids is 1. The van der Waals surface area contributed by atoms with Crippen molar-refractivity contribution in [3.05, 3.63) is 35.9 Å². The molecule has 1 heterocycles. The molecule has 0 aromatic heterocycles. The number of carbonyl (C=O) groups is 5. The van der Waals surface area contributed by atoms with E-state index >= 15 is 0 Å². The van der Waals surface area contributed by atoms with E-state index in [1.807, 2.05) is 0 Å². The van der Waals surface area contributed by atoms with E-state index in [1.54, 1.807) is 30.3 Å². The molecule has 1 aliphatic rings. The summed E-state index contributed by atoms with van der Waals surface area (Å²) in [5.41, 5.74) is 0.436. The average Bonchev–Trinajstić information content (AvgIpc) is 2.57. The number of hydrogen-bond acceptors (Lipinski definition) is 6. The molecule has 126 valence electrons. The van der Waals surface area contributed by atoms with E-state index in [1.165, 1.54) is 0 Å². The van der Waals surface area contributed by atoms with Gasteiger partial charge in [0, 0.05) is 0 Å². The zero-order chi connectivity index (χ0) is 17.7. The Hall–Kier alpha value is -3.23. The number of carboxylic acids is 1. The van der Waals surface area contributed by atoms with Gasteiger partial charge in [-0.3, -0.25) is 28.9 Å². The van der Waals surface area contributed by atoms with Crippen molar-refractivity contribution in [1.29, 1.82) is 0 Å². The fourth-order valence-corrected chi connectivity index (χ4v) is 2.49. The van der Waals surface area contributed by atoms with E-state index in [0.29, 0.717) is 10.5 Å². The Bertz CT molecular complexity index is 661. The molecule has 0 radical (unpaired) electrons. The third-order valence-electron chi connectivity index (χ3n) is 3.57. The fourth-order valence-electron chi connectivity index (χ4n) is 2.49. The molecule has 3 amide bonds. The molecule has 9 nitrogen and oxygen atoms in total. The second kappa shape index (κ2) is 7.36. The second-order valence-corrected chi connectivity index (χ2v) is 5.01. The van der Waals surface area contributed by atoms with Crippen LogP contribution in [0.3, 0.4) is 0 Å². The normalized spacial score (nSPS) is 21.6. The van der Waals surface area contributed by atoms with Crippen molar-refractivity contribution in [2.45, 2.75) is 24.6 Å². The molecule has 1 aromatic rings. The highest BCUT2D eigenvalue weighted by molar-refractivity contribution is 6.03. The lowest BCUT2D eigenvalue weighted by Crippen LogP contribution is -2.65. The van der Waals surface area contributed by atoms with Crippen LogP contribution in [0.25, 0.3) is 0 Å². The first-order chi connectivity index (χ1) is 11.5. The first kappa shape index (κ1) is 17.1. The van der Waals surface area contributed by atoms with Crippen molar-refractivity contribution in [1.82, 2.24) is 10.2 Å². The van der Waals surface area contributed by atoms with Gasteiger partial charge in [0.1, 0.15) is 6.04 Å². The number of nitrogens with zero attached hydrogens (tertiary/aromatic N) is 1. The number of ether oxygens (including phenoxy) is 1. The van der Waals surface area contributed by atoms with Crippen molar-refractivity contribution in [3.63, 3.8) is 0 Å². The van der Waals surface area contributed by atoms with E-state index in [-0.39, 0.29) is 12.9 Å². The molecule has 24 heavy (non-hydrogen) atoms. The van der Waals surface area contributed by atoms with Crippen LogP contribution >= 0.6 is 0 Å². The maximum absolute atomic E-state index is 12.5. The number of nitrogens with one attached hydrogen (secondary N) is 1. The summed E-state index contributed by atoms with van der Waals surface area (Å²) in [5, 5.41) is 11.1. The molecule has 2 rings (SSSR count). The summed E-state index contributed by atoms with van der Waals surface area (Å²) in [6.45, 7) is 0.131. The van der Waals surface area contributed by atoms with E-state index < -0.39 is 42.4 Å². The maximum Gasteiger partial charge on any atom is 0.306 e.